The number of hydrogen-bond donors (Lipinski definition) is 2. The fraction of sp³-hybridized carbons (Fsp3) is 0.556. The molecule has 2 aliphatic heterocycles. The Hall–Kier alpha value is -2.58. The number of carbonyl (C=O) groups excluding carboxylic acids is 4. The van der Waals surface area contributed by atoms with Crippen molar-refractivity contribution in [3.05, 3.63) is 71.8 Å². The molecule has 49 heavy (non-hydrogen) atoms. The summed E-state index contributed by atoms with van der Waals surface area (Å²) in [5.41, 5.74) is 7.92. The van der Waals surface area contributed by atoms with Crippen LogP contribution in [0.4, 0.5) is 0 Å². The quantitative estimate of drug-likeness (QED) is 0.276. The zero-order valence-corrected chi connectivity index (χ0v) is 33.8. The predicted octanol–water partition coefficient (Wildman–Crippen LogP) is 2.01. The van der Waals surface area contributed by atoms with Crippen molar-refractivity contribution in [3.8, 4) is 0 Å². The van der Waals surface area contributed by atoms with Gasteiger partial charge in [-0.3, -0.25) is 9.59 Å². The summed E-state index contributed by atoms with van der Waals surface area (Å²) < 4.78 is 3.61. The van der Waals surface area contributed by atoms with E-state index < -0.39 is 17.9 Å². The zero-order chi connectivity index (χ0) is 37.2. The van der Waals surface area contributed by atoms with Crippen LogP contribution in [0.25, 0.3) is 0 Å². The van der Waals surface area contributed by atoms with E-state index in [9.17, 15) is 19.2 Å². The molecule has 0 atom stereocenters. The zero-order valence-electron chi connectivity index (χ0n) is 31.8. The third-order valence-corrected chi connectivity index (χ3v) is 6.22. The van der Waals surface area contributed by atoms with Crippen LogP contribution in [0.5, 0.6) is 0 Å². The Bertz CT molecular complexity index is 1040. The smallest absolute Gasteiger partial charge is 0.793 e. The number of nitrogens with two attached hydrogens (primary N) is 1. The molecule has 2 aromatic rings. The molecule has 0 aromatic heterocycles. The van der Waals surface area contributed by atoms with Crippen molar-refractivity contribution in [3.63, 3.8) is 0 Å². The molecule has 0 unspecified atom stereocenters. The summed E-state index contributed by atoms with van der Waals surface area (Å²) in [7, 11) is 8.57. The van der Waals surface area contributed by atoms with Gasteiger partial charge in [-0.2, -0.15) is 0 Å². The number of benzene rings is 2. The molecular formula is C36H61BN4NaO7. The minimum absolute atomic E-state index is 0. The van der Waals surface area contributed by atoms with E-state index in [2.05, 4.69) is 75.0 Å². The summed E-state index contributed by atoms with van der Waals surface area (Å²) in [6, 6.07) is 21.3. The van der Waals surface area contributed by atoms with Gasteiger partial charge in [0.25, 0.3) is 0 Å². The van der Waals surface area contributed by atoms with Gasteiger partial charge in [0, 0.05) is 65.8 Å². The van der Waals surface area contributed by atoms with Gasteiger partial charge in [0.05, 0.1) is 0 Å². The molecule has 3 N–H and O–H groups in total. The second-order valence-electron chi connectivity index (χ2n) is 10.2. The molecule has 271 valence electrons. The van der Waals surface area contributed by atoms with E-state index in [0.717, 1.165) is 46.3 Å². The average Bonchev–Trinajstić information content (AvgIpc) is 3.12. The molecule has 0 amide bonds. The normalized spacial score (nSPS) is 13.5. The van der Waals surface area contributed by atoms with Gasteiger partial charge >= 0.3 is 41.5 Å². The number of nitrogens with one attached hydrogen (secondary N) is 1. The summed E-state index contributed by atoms with van der Waals surface area (Å²) in [5.74, 6) is -1.33. The summed E-state index contributed by atoms with van der Waals surface area (Å²) >= 11 is 0. The molecule has 3 radical (unpaired) electrons. The minimum atomic E-state index is -0.639. The Balaban J connectivity index is -0.000000262. The first-order chi connectivity index (χ1) is 23.0. The predicted molar refractivity (Wildman–Crippen MR) is 194 cm³/mol. The Morgan fingerprint density at radius 1 is 0.735 bits per heavy atom. The van der Waals surface area contributed by atoms with Crippen molar-refractivity contribution >= 4 is 31.7 Å². The van der Waals surface area contributed by atoms with Crippen LogP contribution >= 0.6 is 0 Å². The Kier molecular flexibility index (Phi) is 41.5. The van der Waals surface area contributed by atoms with Gasteiger partial charge in [0.2, 0.25) is 5.97 Å². The Morgan fingerprint density at radius 2 is 1.10 bits per heavy atom. The number of nitrogens with zero attached hydrogens (tertiary/aromatic N) is 2. The number of carbonyl (C=O) groups is 4. The van der Waals surface area contributed by atoms with Crippen LogP contribution in [0.15, 0.2) is 60.7 Å². The summed E-state index contributed by atoms with van der Waals surface area (Å²) in [6.45, 7) is 17.5. The van der Waals surface area contributed by atoms with Crippen LogP contribution in [-0.4, -0.2) is 87.9 Å². The second kappa shape index (κ2) is 38.2. The van der Waals surface area contributed by atoms with Crippen molar-refractivity contribution in [2.75, 3.05) is 40.3 Å². The minimum Gasteiger partial charge on any atom is -0.793 e. The Morgan fingerprint density at radius 3 is 1.41 bits per heavy atom. The molecule has 11 nitrogen and oxygen atoms in total. The third kappa shape index (κ3) is 38.1. The van der Waals surface area contributed by atoms with Gasteiger partial charge in [0.1, 0.15) is 5.78 Å². The van der Waals surface area contributed by atoms with E-state index in [4.69, 9.17) is 5.73 Å². The standard InChI is InChI=1S/C13H20N2.C7H9N.C6H11NO.C4H6O4.C2H3BO2.2C2H6.Na/c1-15-9-7-13(8-10-15)14-11-12-5-3-2-4-6-12;8-6-7-4-2-1-3-5-7;1-7-4-2-6(8)3-5-7;1-3(5)7-8-4(2)6;1-2(4)5-3;2*1-2;/h2-6,13-14H,7-11H2,1H3;1-5H,6,8H2;2-5H2,1H3;1-2H3;1H3;2*1-2H3;/q;;;;-1;;;+1. The molecule has 0 bridgehead atoms. The molecule has 0 spiro atoms. The first-order valence-corrected chi connectivity index (χ1v) is 16.6. The monoisotopic (exact) mass is 695 g/mol. The van der Waals surface area contributed by atoms with E-state index in [-0.39, 0.29) is 29.6 Å². The molecule has 2 aromatic carbocycles. The molecular weight excluding hydrogens is 634 g/mol. The molecule has 0 aliphatic carbocycles. The van der Waals surface area contributed by atoms with Crippen LogP contribution in [0.3, 0.4) is 0 Å². The first kappa shape index (κ1) is 53.2. The van der Waals surface area contributed by atoms with Crippen molar-refractivity contribution in [1.82, 2.24) is 15.1 Å². The molecule has 13 heteroatoms. The summed E-state index contributed by atoms with van der Waals surface area (Å²) in [4.78, 5) is 52.0. The fourth-order valence-corrected chi connectivity index (χ4v) is 3.67. The van der Waals surface area contributed by atoms with E-state index in [1.807, 2.05) is 65.1 Å². The van der Waals surface area contributed by atoms with Crippen LogP contribution < -0.4 is 40.6 Å². The van der Waals surface area contributed by atoms with Crippen LogP contribution in [-0.2, 0) is 46.7 Å². The van der Waals surface area contributed by atoms with Crippen molar-refractivity contribution in [2.24, 2.45) is 5.73 Å². The number of likely N-dealkylation sites (tertiary alicyclic amines) is 2. The maximum atomic E-state index is 10.6. The number of Topliss-reactive ketones (excluding diaryl/α,β-unsaturated/α-hetero) is 1. The van der Waals surface area contributed by atoms with E-state index in [1.165, 1.54) is 44.0 Å². The van der Waals surface area contributed by atoms with Gasteiger partial charge in [-0.15, -0.1) is 0 Å². The largest absolute Gasteiger partial charge is 1.00 e. The summed E-state index contributed by atoms with van der Waals surface area (Å²) in [5, 5.41) is 3.63. The molecule has 2 aliphatic rings. The number of rotatable bonds is 4. The molecule has 2 heterocycles. The van der Waals surface area contributed by atoms with Gasteiger partial charge in [-0.1, -0.05) is 88.4 Å². The van der Waals surface area contributed by atoms with E-state index in [1.54, 1.807) is 0 Å². The van der Waals surface area contributed by atoms with Crippen molar-refractivity contribution < 1.29 is 63.2 Å². The number of ketones is 1. The molecule has 2 saturated heterocycles. The van der Waals surface area contributed by atoms with Crippen molar-refractivity contribution in [1.29, 1.82) is 0 Å². The van der Waals surface area contributed by atoms with Crippen molar-refractivity contribution in [2.45, 2.75) is 93.3 Å². The number of piperidine rings is 2. The SMILES string of the molecule is CC.CC.CC(=O)OOC(C)=O.CN1CCC(=O)CC1.CN1CCC(NCc2ccccc2)CC1.NCc1ccccc1.[B-]OC(C)=O.[Na+]. The van der Waals surface area contributed by atoms with Gasteiger partial charge in [-0.25, -0.2) is 19.4 Å². The maximum Gasteiger partial charge on any atom is 1.00 e. The van der Waals surface area contributed by atoms with Crippen LogP contribution in [0, 0.1) is 0 Å². The van der Waals surface area contributed by atoms with Gasteiger partial charge < -0.3 is 33.6 Å². The van der Waals surface area contributed by atoms with E-state index >= 15 is 0 Å². The van der Waals surface area contributed by atoms with E-state index in [0.29, 0.717) is 18.4 Å². The van der Waals surface area contributed by atoms with Gasteiger partial charge in [-0.05, 0) is 51.2 Å². The maximum absolute atomic E-state index is 10.6. The Labute approximate surface area is 319 Å². The molecule has 0 saturated carbocycles. The average molecular weight is 696 g/mol. The molecule has 4 rings (SSSR count). The summed E-state index contributed by atoms with van der Waals surface area (Å²) in [6.07, 6.45) is 4.08. The fourth-order valence-electron chi connectivity index (χ4n) is 3.67. The first-order valence-electron chi connectivity index (χ1n) is 16.6. The second-order valence-corrected chi connectivity index (χ2v) is 10.2. The van der Waals surface area contributed by atoms with Crippen LogP contribution in [0.1, 0.15) is 85.3 Å². The van der Waals surface area contributed by atoms with Crippen LogP contribution in [0.2, 0.25) is 0 Å². The molecule has 2 fully saturated rings. The third-order valence-electron chi connectivity index (χ3n) is 6.22. The van der Waals surface area contributed by atoms with Gasteiger partial charge in [0.15, 0.2) is 0 Å². The topological polar surface area (TPSA) is 140 Å². The number of hydrogen-bond acceptors (Lipinski definition) is 11.